The summed E-state index contributed by atoms with van der Waals surface area (Å²) in [5.41, 5.74) is -1.20. The maximum absolute atomic E-state index is 12.9. The molecular weight excluding hydrogens is 203 g/mol. The Balaban J connectivity index is 3.68. The number of hydrogen-bond donors (Lipinski definition) is 0. The summed E-state index contributed by atoms with van der Waals surface area (Å²) >= 11 is 0. The van der Waals surface area contributed by atoms with E-state index in [1.54, 1.807) is 0 Å². The molecule has 0 aliphatic carbocycles. The van der Waals surface area contributed by atoms with Crippen molar-refractivity contribution in [1.29, 1.82) is 0 Å². The molecule has 14 heavy (non-hydrogen) atoms. The number of halogens is 5. The van der Waals surface area contributed by atoms with E-state index in [1.165, 1.54) is 0 Å². The maximum Gasteiger partial charge on any atom is 0.200 e. The first-order valence-corrected chi connectivity index (χ1v) is 3.55. The highest BCUT2D eigenvalue weighted by Gasteiger charge is 2.25. The van der Waals surface area contributed by atoms with Crippen LogP contribution in [0.4, 0.5) is 22.0 Å². The summed E-state index contributed by atoms with van der Waals surface area (Å²) in [7, 11) is 0. The van der Waals surface area contributed by atoms with Gasteiger partial charge in [-0.1, -0.05) is 6.58 Å². The Labute approximate surface area is 76.7 Å². The first-order chi connectivity index (χ1) is 6.37. The van der Waals surface area contributed by atoms with Gasteiger partial charge in [0.05, 0.1) is 5.56 Å². The van der Waals surface area contributed by atoms with Gasteiger partial charge in [-0.05, 0) is 12.5 Å². The predicted molar refractivity (Wildman–Crippen MR) is 40.9 cm³/mol. The Morgan fingerprint density at radius 1 is 0.786 bits per heavy atom. The van der Waals surface area contributed by atoms with Crippen molar-refractivity contribution in [3.63, 3.8) is 0 Å². The third-order valence-corrected chi connectivity index (χ3v) is 1.64. The van der Waals surface area contributed by atoms with Crippen LogP contribution in [0.5, 0.6) is 0 Å². The molecule has 0 heterocycles. The summed E-state index contributed by atoms with van der Waals surface area (Å²) in [5.74, 6) is -9.78. The average Bonchev–Trinajstić information content (AvgIpc) is 2.11. The molecule has 0 saturated heterocycles. The van der Waals surface area contributed by atoms with Crippen LogP contribution in [0, 0.1) is 29.1 Å². The minimum Gasteiger partial charge on any atom is -0.203 e. The van der Waals surface area contributed by atoms with Gasteiger partial charge in [0.2, 0.25) is 5.82 Å². The molecule has 0 nitrogen and oxygen atoms in total. The van der Waals surface area contributed by atoms with Gasteiger partial charge in [-0.3, -0.25) is 0 Å². The van der Waals surface area contributed by atoms with Gasteiger partial charge in [0.25, 0.3) is 0 Å². The largest absolute Gasteiger partial charge is 0.203 e. The van der Waals surface area contributed by atoms with Crippen molar-refractivity contribution < 1.29 is 22.0 Å². The normalized spacial score (nSPS) is 10.4. The van der Waals surface area contributed by atoms with Crippen LogP contribution >= 0.6 is 0 Å². The Hall–Kier alpha value is -1.39. The van der Waals surface area contributed by atoms with Gasteiger partial charge >= 0.3 is 0 Å². The number of benzene rings is 1. The second-order valence-corrected chi connectivity index (χ2v) is 2.73. The molecule has 1 aromatic rings. The Morgan fingerprint density at radius 2 is 1.07 bits per heavy atom. The molecule has 0 unspecified atom stereocenters. The van der Waals surface area contributed by atoms with Crippen molar-refractivity contribution in [3.8, 4) is 0 Å². The second-order valence-electron chi connectivity index (χ2n) is 2.73. The molecule has 1 aromatic carbocycles. The minimum atomic E-state index is -2.16. The third kappa shape index (κ3) is 1.38. The lowest BCUT2D eigenvalue weighted by molar-refractivity contribution is 0.376. The van der Waals surface area contributed by atoms with Crippen LogP contribution in [0.15, 0.2) is 6.58 Å². The molecule has 0 aliphatic heterocycles. The van der Waals surface area contributed by atoms with Crippen molar-refractivity contribution in [2.75, 3.05) is 0 Å². The van der Waals surface area contributed by atoms with Crippen LogP contribution in [0.3, 0.4) is 0 Å². The van der Waals surface area contributed by atoms with E-state index in [9.17, 15) is 22.0 Å². The fourth-order valence-corrected chi connectivity index (χ4v) is 0.980. The van der Waals surface area contributed by atoms with Crippen molar-refractivity contribution in [2.45, 2.75) is 6.92 Å². The molecule has 0 bridgehead atoms. The summed E-state index contributed by atoms with van der Waals surface area (Å²) in [6.45, 7) is 4.27. The van der Waals surface area contributed by atoms with Gasteiger partial charge < -0.3 is 0 Å². The maximum atomic E-state index is 12.9. The van der Waals surface area contributed by atoms with Crippen molar-refractivity contribution >= 4 is 5.57 Å². The van der Waals surface area contributed by atoms with Gasteiger partial charge in [0.1, 0.15) is 0 Å². The van der Waals surface area contributed by atoms with Crippen molar-refractivity contribution in [3.05, 3.63) is 41.2 Å². The molecule has 0 aromatic heterocycles. The van der Waals surface area contributed by atoms with E-state index in [4.69, 9.17) is 0 Å². The fraction of sp³-hybridized carbons (Fsp3) is 0.111. The SMILES string of the molecule is C=C(C)c1c(F)c(F)c(F)c(F)c1F. The quantitative estimate of drug-likeness (QED) is 0.377. The molecule has 5 heteroatoms. The van der Waals surface area contributed by atoms with Gasteiger partial charge in [-0.2, -0.15) is 0 Å². The van der Waals surface area contributed by atoms with Crippen molar-refractivity contribution in [1.82, 2.24) is 0 Å². The van der Waals surface area contributed by atoms with E-state index < -0.39 is 34.6 Å². The summed E-state index contributed by atoms with van der Waals surface area (Å²) in [4.78, 5) is 0. The topological polar surface area (TPSA) is 0 Å². The number of rotatable bonds is 1. The van der Waals surface area contributed by atoms with Crippen LogP contribution in [0.2, 0.25) is 0 Å². The lowest BCUT2D eigenvalue weighted by Gasteiger charge is -2.06. The first kappa shape index (κ1) is 10.7. The molecule has 0 N–H and O–H groups in total. The summed E-state index contributed by atoms with van der Waals surface area (Å²) in [6, 6.07) is 0. The van der Waals surface area contributed by atoms with Crippen LogP contribution in [-0.2, 0) is 0 Å². The van der Waals surface area contributed by atoms with Crippen LogP contribution < -0.4 is 0 Å². The zero-order valence-electron chi connectivity index (χ0n) is 7.10. The lowest BCUT2D eigenvalue weighted by atomic mass is 10.1. The van der Waals surface area contributed by atoms with Crippen LogP contribution in [0.25, 0.3) is 5.57 Å². The molecule has 1 rings (SSSR count). The molecule has 0 spiro atoms. The molecule has 0 radical (unpaired) electrons. The third-order valence-electron chi connectivity index (χ3n) is 1.64. The summed E-state index contributed by atoms with van der Waals surface area (Å²) in [6.07, 6.45) is 0. The Bertz CT molecular complexity index is 379. The number of hydrogen-bond acceptors (Lipinski definition) is 0. The number of allylic oxidation sites excluding steroid dienone is 1. The van der Waals surface area contributed by atoms with E-state index in [2.05, 4.69) is 6.58 Å². The molecular formula is C9H5F5. The van der Waals surface area contributed by atoms with E-state index in [-0.39, 0.29) is 5.57 Å². The average molecular weight is 208 g/mol. The van der Waals surface area contributed by atoms with E-state index in [0.717, 1.165) is 6.92 Å². The van der Waals surface area contributed by atoms with Crippen LogP contribution in [-0.4, -0.2) is 0 Å². The molecule has 0 amide bonds. The van der Waals surface area contributed by atoms with Gasteiger partial charge in [-0.15, -0.1) is 0 Å². The smallest absolute Gasteiger partial charge is 0.200 e. The highest BCUT2D eigenvalue weighted by atomic mass is 19.2. The van der Waals surface area contributed by atoms with E-state index in [0.29, 0.717) is 0 Å². The molecule has 0 atom stereocenters. The zero-order valence-corrected chi connectivity index (χ0v) is 7.10. The first-order valence-electron chi connectivity index (χ1n) is 3.55. The van der Waals surface area contributed by atoms with Crippen molar-refractivity contribution in [2.24, 2.45) is 0 Å². The van der Waals surface area contributed by atoms with Crippen LogP contribution in [0.1, 0.15) is 12.5 Å². The molecule has 0 aliphatic rings. The zero-order chi connectivity index (χ0) is 11.0. The Kier molecular flexibility index (Phi) is 2.59. The highest BCUT2D eigenvalue weighted by Crippen LogP contribution is 2.26. The molecule has 76 valence electrons. The van der Waals surface area contributed by atoms with Gasteiger partial charge in [-0.25, -0.2) is 22.0 Å². The fourth-order valence-electron chi connectivity index (χ4n) is 0.980. The van der Waals surface area contributed by atoms with Gasteiger partial charge in [0, 0.05) is 0 Å². The van der Waals surface area contributed by atoms with Gasteiger partial charge in [0.15, 0.2) is 23.3 Å². The summed E-state index contributed by atoms with van der Waals surface area (Å²) in [5, 5.41) is 0. The minimum absolute atomic E-state index is 0.224. The highest BCUT2D eigenvalue weighted by molar-refractivity contribution is 5.62. The Morgan fingerprint density at radius 3 is 1.36 bits per heavy atom. The lowest BCUT2D eigenvalue weighted by Crippen LogP contribution is -2.05. The predicted octanol–water partition coefficient (Wildman–Crippen LogP) is 3.42. The monoisotopic (exact) mass is 208 g/mol. The molecule has 0 saturated carbocycles. The second kappa shape index (κ2) is 3.40. The van der Waals surface area contributed by atoms with E-state index in [1.807, 2.05) is 0 Å². The summed E-state index contributed by atoms with van der Waals surface area (Å²) < 4.78 is 63.4. The molecule has 0 fully saturated rings. The standard InChI is InChI=1S/C9H5F5/c1-3(2)4-5(10)7(12)9(14)8(13)6(4)11/h1H2,2H3. The van der Waals surface area contributed by atoms with E-state index >= 15 is 0 Å².